The maximum Gasteiger partial charge on any atom is 0.141 e. The lowest BCUT2D eigenvalue weighted by Crippen LogP contribution is -2.41. The molecule has 1 aliphatic heterocycles. The van der Waals surface area contributed by atoms with Crippen LogP contribution in [0.25, 0.3) is 0 Å². The van der Waals surface area contributed by atoms with E-state index in [9.17, 15) is 4.79 Å². The lowest BCUT2D eigenvalue weighted by atomic mass is 9.91. The van der Waals surface area contributed by atoms with Crippen molar-refractivity contribution in [3.63, 3.8) is 0 Å². The van der Waals surface area contributed by atoms with Gasteiger partial charge in [0.1, 0.15) is 5.78 Å². The molecule has 1 aliphatic rings. The van der Waals surface area contributed by atoms with Crippen LogP contribution < -0.4 is 0 Å². The number of piperidine rings is 1. The Morgan fingerprint density at radius 2 is 2.36 bits per heavy atom. The Labute approximate surface area is 69.4 Å². The SMILES string of the molecule is [B]CC(=O)C1CCCCN1C. The molecule has 1 fully saturated rings. The van der Waals surface area contributed by atoms with Crippen molar-refractivity contribution in [3.8, 4) is 0 Å². The molecular formula is C8H14BNO. The molecule has 1 saturated heterocycles. The molecule has 1 unspecified atom stereocenters. The van der Waals surface area contributed by atoms with E-state index < -0.39 is 0 Å². The zero-order valence-electron chi connectivity index (χ0n) is 7.05. The van der Waals surface area contributed by atoms with Crippen LogP contribution in [0.3, 0.4) is 0 Å². The van der Waals surface area contributed by atoms with Crippen LogP contribution in [0.1, 0.15) is 19.3 Å². The largest absolute Gasteiger partial charge is 0.299 e. The Morgan fingerprint density at radius 3 is 2.91 bits per heavy atom. The number of rotatable bonds is 2. The van der Waals surface area contributed by atoms with Gasteiger partial charge in [-0.1, -0.05) is 6.42 Å². The van der Waals surface area contributed by atoms with E-state index in [4.69, 9.17) is 7.85 Å². The fraction of sp³-hybridized carbons (Fsp3) is 0.875. The van der Waals surface area contributed by atoms with Crippen LogP contribution in [0.15, 0.2) is 0 Å². The Balaban J connectivity index is 2.47. The van der Waals surface area contributed by atoms with E-state index in [0.29, 0.717) is 0 Å². The van der Waals surface area contributed by atoms with E-state index in [1.54, 1.807) is 0 Å². The van der Waals surface area contributed by atoms with Crippen molar-refractivity contribution in [2.45, 2.75) is 31.6 Å². The van der Waals surface area contributed by atoms with Crippen LogP contribution in [0.4, 0.5) is 0 Å². The lowest BCUT2D eigenvalue weighted by Gasteiger charge is -2.30. The summed E-state index contributed by atoms with van der Waals surface area (Å²) in [6.45, 7) is 1.04. The van der Waals surface area contributed by atoms with Gasteiger partial charge in [0.15, 0.2) is 0 Å². The predicted molar refractivity (Wildman–Crippen MR) is 45.8 cm³/mol. The van der Waals surface area contributed by atoms with Crippen LogP contribution in [0.5, 0.6) is 0 Å². The maximum atomic E-state index is 11.2. The van der Waals surface area contributed by atoms with Gasteiger partial charge in [-0.25, -0.2) is 0 Å². The number of hydrogen-bond acceptors (Lipinski definition) is 2. The minimum Gasteiger partial charge on any atom is -0.299 e. The predicted octanol–water partition coefficient (Wildman–Crippen LogP) is 0.627. The summed E-state index contributed by atoms with van der Waals surface area (Å²) < 4.78 is 0. The highest BCUT2D eigenvalue weighted by atomic mass is 16.1. The van der Waals surface area contributed by atoms with Crippen LogP contribution in [0, 0.1) is 0 Å². The third kappa shape index (κ3) is 2.06. The third-order valence-electron chi connectivity index (χ3n) is 2.34. The quantitative estimate of drug-likeness (QED) is 0.539. The van der Waals surface area contributed by atoms with Gasteiger partial charge in [-0.15, -0.1) is 0 Å². The summed E-state index contributed by atoms with van der Waals surface area (Å²) in [7, 11) is 7.29. The lowest BCUT2D eigenvalue weighted by molar-refractivity contribution is -0.122. The molecule has 0 saturated carbocycles. The van der Waals surface area contributed by atoms with Crippen molar-refractivity contribution in [1.29, 1.82) is 0 Å². The fourth-order valence-corrected chi connectivity index (χ4v) is 1.62. The number of carbonyl (C=O) groups is 1. The van der Waals surface area contributed by atoms with Crippen molar-refractivity contribution < 1.29 is 4.79 Å². The molecule has 0 aromatic rings. The van der Waals surface area contributed by atoms with Crippen molar-refractivity contribution in [2.75, 3.05) is 13.6 Å². The van der Waals surface area contributed by atoms with E-state index >= 15 is 0 Å². The Kier molecular flexibility index (Phi) is 3.12. The minimum absolute atomic E-state index is 0.105. The summed E-state index contributed by atoms with van der Waals surface area (Å²) in [6.07, 6.45) is 3.56. The maximum absolute atomic E-state index is 11.2. The smallest absolute Gasteiger partial charge is 0.141 e. The number of nitrogens with zero attached hydrogens (tertiary/aromatic N) is 1. The molecule has 0 aromatic heterocycles. The first-order valence-electron chi connectivity index (χ1n) is 4.18. The van der Waals surface area contributed by atoms with Crippen molar-refractivity contribution in [1.82, 2.24) is 4.90 Å². The van der Waals surface area contributed by atoms with Crippen molar-refractivity contribution >= 4 is 13.6 Å². The second-order valence-corrected chi connectivity index (χ2v) is 3.16. The average molecular weight is 151 g/mol. The fourth-order valence-electron chi connectivity index (χ4n) is 1.62. The molecule has 0 aromatic carbocycles. The number of likely N-dealkylation sites (tertiary alicyclic amines) is 1. The van der Waals surface area contributed by atoms with E-state index in [-0.39, 0.29) is 18.1 Å². The van der Waals surface area contributed by atoms with Gasteiger partial charge < -0.3 is 0 Å². The first kappa shape index (κ1) is 8.79. The summed E-state index contributed by atoms with van der Waals surface area (Å²) in [6, 6.07) is 0.105. The average Bonchev–Trinajstić information content (AvgIpc) is 2.04. The molecule has 3 heteroatoms. The molecule has 1 rings (SSSR count). The summed E-state index contributed by atoms with van der Waals surface area (Å²) in [5, 5.41) is 0. The summed E-state index contributed by atoms with van der Waals surface area (Å²) in [5.41, 5.74) is 0. The molecule has 1 atom stereocenters. The second kappa shape index (κ2) is 3.91. The number of Topliss-reactive ketones (excluding diaryl/α,β-unsaturated/α-hetero) is 1. The Hall–Kier alpha value is -0.305. The van der Waals surface area contributed by atoms with Crippen LogP contribution >= 0.6 is 0 Å². The topological polar surface area (TPSA) is 20.3 Å². The van der Waals surface area contributed by atoms with Gasteiger partial charge in [0.2, 0.25) is 0 Å². The zero-order valence-corrected chi connectivity index (χ0v) is 7.05. The van der Waals surface area contributed by atoms with E-state index in [1.807, 2.05) is 7.05 Å². The standard InChI is InChI=1S/C8H14BNO/c1-10-5-3-2-4-7(10)8(11)6-9/h7H,2-6H2,1H3. The number of ketones is 1. The van der Waals surface area contributed by atoms with Crippen LogP contribution in [-0.4, -0.2) is 38.2 Å². The Morgan fingerprint density at radius 1 is 1.64 bits per heavy atom. The first-order valence-corrected chi connectivity index (χ1v) is 4.18. The molecule has 0 bridgehead atoms. The van der Waals surface area contributed by atoms with Crippen molar-refractivity contribution in [3.05, 3.63) is 0 Å². The molecular weight excluding hydrogens is 137 g/mol. The molecule has 0 amide bonds. The van der Waals surface area contributed by atoms with Gasteiger partial charge in [0.25, 0.3) is 0 Å². The molecule has 2 nitrogen and oxygen atoms in total. The van der Waals surface area contributed by atoms with Gasteiger partial charge in [-0.3, -0.25) is 9.69 Å². The van der Waals surface area contributed by atoms with Crippen LogP contribution in [0.2, 0.25) is 6.32 Å². The Bertz CT molecular complexity index is 149. The van der Waals surface area contributed by atoms with Gasteiger partial charge in [-0.2, -0.15) is 0 Å². The highest BCUT2D eigenvalue weighted by Gasteiger charge is 2.23. The second-order valence-electron chi connectivity index (χ2n) is 3.16. The monoisotopic (exact) mass is 151 g/mol. The van der Waals surface area contributed by atoms with Gasteiger partial charge in [-0.05, 0) is 32.8 Å². The summed E-state index contributed by atoms with van der Waals surface area (Å²) in [4.78, 5) is 13.3. The third-order valence-corrected chi connectivity index (χ3v) is 2.34. The van der Waals surface area contributed by atoms with Gasteiger partial charge in [0, 0.05) is 0 Å². The molecule has 0 N–H and O–H groups in total. The van der Waals surface area contributed by atoms with E-state index in [2.05, 4.69) is 4.90 Å². The molecule has 0 aliphatic carbocycles. The van der Waals surface area contributed by atoms with Crippen LogP contribution in [-0.2, 0) is 4.79 Å². The number of hydrogen-bond donors (Lipinski definition) is 0. The van der Waals surface area contributed by atoms with E-state index in [0.717, 1.165) is 13.0 Å². The molecule has 11 heavy (non-hydrogen) atoms. The molecule has 0 spiro atoms. The minimum atomic E-state index is 0.105. The normalized spacial score (nSPS) is 26.8. The van der Waals surface area contributed by atoms with E-state index in [1.165, 1.54) is 12.8 Å². The van der Waals surface area contributed by atoms with Gasteiger partial charge >= 0.3 is 0 Å². The van der Waals surface area contributed by atoms with Crippen molar-refractivity contribution in [2.24, 2.45) is 0 Å². The molecule has 60 valence electrons. The van der Waals surface area contributed by atoms with Gasteiger partial charge in [0.05, 0.1) is 13.9 Å². The molecule has 2 radical (unpaired) electrons. The summed E-state index contributed by atoms with van der Waals surface area (Å²) in [5.74, 6) is 0.187. The summed E-state index contributed by atoms with van der Waals surface area (Å²) >= 11 is 0. The number of likely N-dealkylation sites (N-methyl/N-ethyl adjacent to an activating group) is 1. The zero-order chi connectivity index (χ0) is 8.27. The highest BCUT2D eigenvalue weighted by molar-refractivity contribution is 6.21. The number of carbonyl (C=O) groups excluding carboxylic acids is 1. The first-order chi connectivity index (χ1) is 5.25. The highest BCUT2D eigenvalue weighted by Crippen LogP contribution is 2.16. The molecule has 1 heterocycles.